The molecule has 1 saturated carbocycles. The summed E-state index contributed by atoms with van der Waals surface area (Å²) in [5, 5.41) is 2.95. The Bertz CT molecular complexity index is 540. The number of nitrogens with one attached hydrogen (secondary N) is 1. The lowest BCUT2D eigenvalue weighted by Gasteiger charge is -2.41. The summed E-state index contributed by atoms with van der Waals surface area (Å²) in [4.78, 5) is 14.6. The molecule has 1 amide bonds. The first-order chi connectivity index (χ1) is 11.2. The number of hydrogen-bond donors (Lipinski definition) is 1. The van der Waals surface area contributed by atoms with Crippen LogP contribution in [0.5, 0.6) is 0 Å². The van der Waals surface area contributed by atoms with Gasteiger partial charge in [-0.2, -0.15) is 0 Å². The van der Waals surface area contributed by atoms with Crippen LogP contribution < -0.4 is 5.32 Å². The molecule has 3 heterocycles. The monoisotopic (exact) mass is 318 g/mol. The number of ether oxygens (including phenoxy) is 1. The number of amides is 1. The van der Waals surface area contributed by atoms with Crippen LogP contribution in [0.25, 0.3) is 0 Å². The quantitative estimate of drug-likeness (QED) is 0.927. The van der Waals surface area contributed by atoms with Crippen molar-refractivity contribution in [3.63, 3.8) is 0 Å². The molecule has 5 heteroatoms. The maximum absolute atomic E-state index is 12.0. The topological polar surface area (TPSA) is 54.7 Å². The van der Waals surface area contributed by atoms with E-state index < -0.39 is 0 Å². The van der Waals surface area contributed by atoms with Crippen LogP contribution >= 0.6 is 0 Å². The molecule has 1 aliphatic carbocycles. The molecule has 126 valence electrons. The summed E-state index contributed by atoms with van der Waals surface area (Å²) in [6.07, 6.45) is 10.3. The Kier molecular flexibility index (Phi) is 4.16. The molecule has 3 aliphatic rings. The van der Waals surface area contributed by atoms with Gasteiger partial charge in [0.15, 0.2) is 5.76 Å². The van der Waals surface area contributed by atoms with Gasteiger partial charge in [-0.15, -0.1) is 0 Å². The maximum Gasteiger partial charge on any atom is 0.287 e. The molecule has 0 radical (unpaired) electrons. The van der Waals surface area contributed by atoms with E-state index in [1.807, 2.05) is 0 Å². The van der Waals surface area contributed by atoms with Gasteiger partial charge in [-0.1, -0.05) is 6.42 Å². The van der Waals surface area contributed by atoms with Gasteiger partial charge in [0.1, 0.15) is 0 Å². The number of carbonyl (C=O) groups is 1. The van der Waals surface area contributed by atoms with Gasteiger partial charge >= 0.3 is 0 Å². The summed E-state index contributed by atoms with van der Waals surface area (Å²) in [6, 6.07) is 4.22. The van der Waals surface area contributed by atoms with E-state index in [9.17, 15) is 4.79 Å². The van der Waals surface area contributed by atoms with E-state index in [4.69, 9.17) is 9.15 Å². The fraction of sp³-hybridized carbons (Fsp3) is 0.722. The number of nitrogens with zero attached hydrogens (tertiary/aromatic N) is 1. The largest absolute Gasteiger partial charge is 0.459 e. The lowest BCUT2D eigenvalue weighted by Crippen LogP contribution is -2.48. The first kappa shape index (κ1) is 15.2. The third-order valence-corrected chi connectivity index (χ3v) is 5.75. The summed E-state index contributed by atoms with van der Waals surface area (Å²) in [5.41, 5.74) is 0.0356. The zero-order valence-electron chi connectivity index (χ0n) is 13.6. The zero-order valence-corrected chi connectivity index (χ0v) is 13.6. The Morgan fingerprint density at radius 2 is 2.22 bits per heavy atom. The van der Waals surface area contributed by atoms with Crippen molar-refractivity contribution in [2.75, 3.05) is 19.6 Å². The van der Waals surface area contributed by atoms with Crippen molar-refractivity contribution in [3.8, 4) is 0 Å². The third-order valence-electron chi connectivity index (χ3n) is 5.75. The first-order valence-corrected chi connectivity index (χ1v) is 8.98. The highest BCUT2D eigenvalue weighted by Gasteiger charge is 2.45. The van der Waals surface area contributed by atoms with Crippen LogP contribution in [0, 0.1) is 0 Å². The second-order valence-electron chi connectivity index (χ2n) is 7.31. The molecule has 1 aromatic rings. The van der Waals surface area contributed by atoms with Crippen LogP contribution in [-0.2, 0) is 4.74 Å². The van der Waals surface area contributed by atoms with E-state index in [1.54, 1.807) is 12.1 Å². The molecule has 0 bridgehead atoms. The van der Waals surface area contributed by atoms with Crippen LogP contribution in [0.4, 0.5) is 0 Å². The molecule has 1 N–H and O–H groups in total. The smallest absolute Gasteiger partial charge is 0.287 e. The van der Waals surface area contributed by atoms with E-state index in [2.05, 4.69) is 10.2 Å². The minimum atomic E-state index is -0.152. The highest BCUT2D eigenvalue weighted by Crippen LogP contribution is 2.39. The zero-order chi connectivity index (χ0) is 15.7. The van der Waals surface area contributed by atoms with Gasteiger partial charge in [-0.3, -0.25) is 9.69 Å². The molecule has 2 aliphatic heterocycles. The molecule has 2 saturated heterocycles. The van der Waals surface area contributed by atoms with Crippen molar-refractivity contribution in [2.45, 2.75) is 62.7 Å². The molecule has 0 aromatic carbocycles. The minimum Gasteiger partial charge on any atom is -0.459 e. The van der Waals surface area contributed by atoms with Crippen LogP contribution in [0.3, 0.4) is 0 Å². The number of carbonyl (C=O) groups excluding carboxylic acids is 1. The number of likely N-dealkylation sites (tertiary alicyclic amines) is 1. The fourth-order valence-electron chi connectivity index (χ4n) is 4.21. The van der Waals surface area contributed by atoms with Gasteiger partial charge in [-0.05, 0) is 50.7 Å². The molecule has 5 nitrogen and oxygen atoms in total. The Labute approximate surface area is 137 Å². The SMILES string of the molecule is O=C(NC[C@@H]1CCC[C@]2(CCN(C3CCC3)C2)O1)c1ccco1. The average Bonchev–Trinajstić information content (AvgIpc) is 3.14. The van der Waals surface area contributed by atoms with Crippen LogP contribution in [0.15, 0.2) is 22.8 Å². The number of hydrogen-bond acceptors (Lipinski definition) is 4. The van der Waals surface area contributed by atoms with Gasteiger partial charge in [0.05, 0.1) is 18.0 Å². The minimum absolute atomic E-state index is 0.0356. The van der Waals surface area contributed by atoms with Crippen LogP contribution in [0.2, 0.25) is 0 Å². The van der Waals surface area contributed by atoms with Gasteiger partial charge < -0.3 is 14.5 Å². The Balaban J connectivity index is 1.30. The molecule has 23 heavy (non-hydrogen) atoms. The molecule has 3 fully saturated rings. The number of furan rings is 1. The maximum atomic E-state index is 12.0. The van der Waals surface area contributed by atoms with E-state index in [0.717, 1.165) is 25.4 Å². The number of rotatable bonds is 4. The van der Waals surface area contributed by atoms with E-state index in [1.165, 1.54) is 44.9 Å². The second-order valence-corrected chi connectivity index (χ2v) is 7.31. The normalized spacial score (nSPS) is 32.1. The van der Waals surface area contributed by atoms with Crippen molar-refractivity contribution in [2.24, 2.45) is 0 Å². The lowest BCUT2D eigenvalue weighted by molar-refractivity contribution is -0.120. The first-order valence-electron chi connectivity index (χ1n) is 8.98. The van der Waals surface area contributed by atoms with Gasteiger partial charge in [0.2, 0.25) is 0 Å². The van der Waals surface area contributed by atoms with Gasteiger partial charge in [-0.25, -0.2) is 0 Å². The second kappa shape index (κ2) is 6.29. The van der Waals surface area contributed by atoms with Crippen molar-refractivity contribution >= 4 is 5.91 Å². The van der Waals surface area contributed by atoms with Crippen molar-refractivity contribution in [1.82, 2.24) is 10.2 Å². The average molecular weight is 318 g/mol. The predicted octanol–water partition coefficient (Wildman–Crippen LogP) is 2.58. The standard InChI is InChI=1S/C18H26N2O3/c21-17(16-7-3-11-22-16)19-12-15-6-2-8-18(23-15)9-10-20(13-18)14-4-1-5-14/h3,7,11,14-15H,1-2,4-6,8-10,12-13H2,(H,19,21)/t15-,18+/m0/s1. The highest BCUT2D eigenvalue weighted by atomic mass is 16.5. The summed E-state index contributed by atoms with van der Waals surface area (Å²) < 4.78 is 11.6. The van der Waals surface area contributed by atoms with Crippen molar-refractivity contribution in [3.05, 3.63) is 24.2 Å². The molecule has 2 atom stereocenters. The molecular weight excluding hydrogens is 292 g/mol. The van der Waals surface area contributed by atoms with Crippen molar-refractivity contribution in [1.29, 1.82) is 0 Å². The summed E-state index contributed by atoms with van der Waals surface area (Å²) in [7, 11) is 0. The molecule has 0 unspecified atom stereocenters. The lowest BCUT2D eigenvalue weighted by atomic mass is 9.89. The van der Waals surface area contributed by atoms with Gasteiger partial charge in [0.25, 0.3) is 5.91 Å². The highest BCUT2D eigenvalue weighted by molar-refractivity contribution is 5.91. The van der Waals surface area contributed by atoms with Gasteiger partial charge in [0, 0.05) is 25.7 Å². The molecule has 1 spiro atoms. The Morgan fingerprint density at radius 3 is 2.96 bits per heavy atom. The summed E-state index contributed by atoms with van der Waals surface area (Å²) in [5.74, 6) is 0.216. The van der Waals surface area contributed by atoms with Crippen LogP contribution in [-0.4, -0.2) is 48.2 Å². The van der Waals surface area contributed by atoms with E-state index >= 15 is 0 Å². The predicted molar refractivity (Wildman–Crippen MR) is 86.3 cm³/mol. The van der Waals surface area contributed by atoms with Crippen LogP contribution in [0.1, 0.15) is 55.5 Å². The summed E-state index contributed by atoms with van der Waals surface area (Å²) in [6.45, 7) is 2.83. The molecule has 4 rings (SSSR count). The molecular formula is C18H26N2O3. The summed E-state index contributed by atoms with van der Waals surface area (Å²) >= 11 is 0. The third kappa shape index (κ3) is 3.17. The van der Waals surface area contributed by atoms with Crippen molar-refractivity contribution < 1.29 is 13.9 Å². The van der Waals surface area contributed by atoms with E-state index in [-0.39, 0.29) is 17.6 Å². The van der Waals surface area contributed by atoms with E-state index in [0.29, 0.717) is 12.3 Å². The Morgan fingerprint density at radius 1 is 1.30 bits per heavy atom. The Hall–Kier alpha value is -1.33. The molecule has 1 aromatic heterocycles. The fourth-order valence-corrected chi connectivity index (χ4v) is 4.21.